The van der Waals surface area contributed by atoms with Crippen molar-refractivity contribution in [2.75, 3.05) is 0 Å². The first-order valence-corrected chi connectivity index (χ1v) is 9.73. The van der Waals surface area contributed by atoms with Crippen molar-refractivity contribution in [3.05, 3.63) is 0 Å². The topological polar surface area (TPSA) is 251 Å². The number of carbonyl (C=O) groups excluding carboxylic acids is 4. The van der Waals surface area contributed by atoms with Crippen LogP contribution in [-0.4, -0.2) is 81.2 Å². The highest BCUT2D eigenvalue weighted by Crippen LogP contribution is 2.07. The van der Waals surface area contributed by atoms with Gasteiger partial charge in [-0.2, -0.15) is 0 Å². The second-order valence-corrected chi connectivity index (χ2v) is 7.69. The van der Waals surface area contributed by atoms with Gasteiger partial charge in [0.15, 0.2) is 0 Å². The third kappa shape index (κ3) is 10.7. The molecule has 10 N–H and O–H groups in total. The lowest BCUT2D eigenvalue weighted by Crippen LogP contribution is -2.58. The van der Waals surface area contributed by atoms with Gasteiger partial charge in [-0.25, -0.2) is 4.79 Å². The van der Waals surface area contributed by atoms with Gasteiger partial charge < -0.3 is 42.7 Å². The van der Waals surface area contributed by atoms with Crippen LogP contribution in [0.25, 0.3) is 0 Å². The summed E-state index contributed by atoms with van der Waals surface area (Å²) in [4.78, 5) is 70.7. The highest BCUT2D eigenvalue weighted by atomic mass is 16.4. The summed E-state index contributed by atoms with van der Waals surface area (Å²) in [5.41, 5.74) is 10.5. The Morgan fingerprint density at radius 1 is 0.781 bits per heavy atom. The van der Waals surface area contributed by atoms with Crippen molar-refractivity contribution in [3.63, 3.8) is 0 Å². The summed E-state index contributed by atoms with van der Waals surface area (Å²) in [6, 6.07) is -6.01. The molecule has 0 saturated heterocycles. The SMILES string of the molecule is CC(C)CC(NC(=O)C(CC(=O)O)NC(=O)C(N)C(C)O)C(=O)NC(CC(N)=O)C(=O)O. The van der Waals surface area contributed by atoms with E-state index in [1.54, 1.807) is 13.8 Å². The molecule has 14 nitrogen and oxygen atoms in total. The minimum atomic E-state index is -1.63. The van der Waals surface area contributed by atoms with E-state index in [0.29, 0.717) is 0 Å². The molecule has 0 fully saturated rings. The number of nitrogens with two attached hydrogens (primary N) is 2. The number of primary amides is 1. The smallest absolute Gasteiger partial charge is 0.326 e. The molecule has 4 amide bonds. The van der Waals surface area contributed by atoms with E-state index in [1.165, 1.54) is 6.92 Å². The van der Waals surface area contributed by atoms with Gasteiger partial charge in [0.25, 0.3) is 0 Å². The normalized spacial score (nSPS) is 15.6. The van der Waals surface area contributed by atoms with Crippen molar-refractivity contribution in [2.45, 2.75) is 70.3 Å². The fourth-order valence-electron chi connectivity index (χ4n) is 2.52. The molecule has 0 heterocycles. The van der Waals surface area contributed by atoms with Gasteiger partial charge in [0.2, 0.25) is 23.6 Å². The number of carboxylic acids is 2. The molecule has 0 aliphatic heterocycles. The van der Waals surface area contributed by atoms with Gasteiger partial charge in [-0.1, -0.05) is 13.8 Å². The van der Waals surface area contributed by atoms with E-state index in [2.05, 4.69) is 16.0 Å². The Morgan fingerprint density at radius 2 is 1.25 bits per heavy atom. The number of aliphatic hydroxyl groups excluding tert-OH is 1. The number of aliphatic carboxylic acids is 2. The van der Waals surface area contributed by atoms with Gasteiger partial charge in [0.1, 0.15) is 24.2 Å². The van der Waals surface area contributed by atoms with E-state index < -0.39 is 78.7 Å². The molecule has 0 aromatic carbocycles. The summed E-state index contributed by atoms with van der Waals surface area (Å²) >= 11 is 0. The summed E-state index contributed by atoms with van der Waals surface area (Å²) < 4.78 is 0. The number of carbonyl (C=O) groups is 6. The van der Waals surface area contributed by atoms with E-state index in [0.717, 1.165) is 0 Å². The number of aliphatic hydroxyl groups is 1. The Kier molecular flexibility index (Phi) is 11.9. The third-order valence-electron chi connectivity index (χ3n) is 4.19. The Labute approximate surface area is 184 Å². The van der Waals surface area contributed by atoms with Crippen molar-refractivity contribution in [2.24, 2.45) is 17.4 Å². The lowest BCUT2D eigenvalue weighted by atomic mass is 10.0. The van der Waals surface area contributed by atoms with Crippen LogP contribution in [0.15, 0.2) is 0 Å². The third-order valence-corrected chi connectivity index (χ3v) is 4.19. The maximum Gasteiger partial charge on any atom is 0.326 e. The van der Waals surface area contributed by atoms with Gasteiger partial charge in [-0.05, 0) is 19.3 Å². The average Bonchev–Trinajstić information content (AvgIpc) is 2.64. The molecule has 0 bridgehead atoms. The minimum absolute atomic E-state index is 0.0292. The second kappa shape index (κ2) is 13.2. The predicted octanol–water partition coefficient (Wildman–Crippen LogP) is -3.37. The standard InChI is InChI=1S/C18H31N5O9/c1-7(2)4-9(15(28)23-11(18(31)32)5-12(19)25)21-16(29)10(6-13(26)27)22-17(30)14(20)8(3)24/h7-11,14,24H,4-6,20H2,1-3H3,(H2,19,25)(H,21,29)(H,22,30)(H,23,28)(H,26,27)(H,31,32). The highest BCUT2D eigenvalue weighted by Gasteiger charge is 2.32. The van der Waals surface area contributed by atoms with Crippen LogP contribution in [0.2, 0.25) is 0 Å². The Bertz CT molecular complexity index is 726. The van der Waals surface area contributed by atoms with Crippen LogP contribution in [0.4, 0.5) is 0 Å². The zero-order valence-electron chi connectivity index (χ0n) is 18.0. The molecule has 0 spiro atoms. The first-order valence-electron chi connectivity index (χ1n) is 9.73. The maximum absolute atomic E-state index is 12.6. The van der Waals surface area contributed by atoms with Crippen LogP contribution in [0.1, 0.15) is 40.0 Å². The monoisotopic (exact) mass is 461 g/mol. The first-order chi connectivity index (χ1) is 14.6. The number of carboxylic acid groups (broad SMARTS) is 2. The fraction of sp³-hybridized carbons (Fsp3) is 0.667. The molecule has 32 heavy (non-hydrogen) atoms. The van der Waals surface area contributed by atoms with Crippen molar-refractivity contribution < 1.29 is 44.1 Å². The molecular weight excluding hydrogens is 430 g/mol. The van der Waals surface area contributed by atoms with Crippen LogP contribution in [0.5, 0.6) is 0 Å². The first kappa shape index (κ1) is 28.7. The fourth-order valence-corrected chi connectivity index (χ4v) is 2.52. The van der Waals surface area contributed by atoms with E-state index in [9.17, 15) is 33.9 Å². The molecule has 0 aromatic rings. The van der Waals surface area contributed by atoms with E-state index in [1.807, 2.05) is 0 Å². The Morgan fingerprint density at radius 3 is 1.66 bits per heavy atom. The lowest BCUT2D eigenvalue weighted by molar-refractivity contribution is -0.144. The van der Waals surface area contributed by atoms with Crippen molar-refractivity contribution >= 4 is 35.6 Å². The van der Waals surface area contributed by atoms with Crippen molar-refractivity contribution in [3.8, 4) is 0 Å². The van der Waals surface area contributed by atoms with Crippen LogP contribution >= 0.6 is 0 Å². The largest absolute Gasteiger partial charge is 0.481 e. The number of hydrogen-bond acceptors (Lipinski definition) is 8. The molecule has 14 heteroatoms. The number of nitrogens with one attached hydrogen (secondary N) is 3. The predicted molar refractivity (Wildman–Crippen MR) is 109 cm³/mol. The molecule has 0 radical (unpaired) electrons. The average molecular weight is 461 g/mol. The molecule has 0 saturated carbocycles. The molecular formula is C18H31N5O9. The Hall–Kier alpha value is -3.26. The van der Waals surface area contributed by atoms with Gasteiger partial charge in [-0.3, -0.25) is 24.0 Å². The van der Waals surface area contributed by atoms with Crippen LogP contribution in [0.3, 0.4) is 0 Å². The molecule has 0 rings (SSSR count). The Balaban J connectivity index is 5.56. The molecule has 0 aliphatic rings. The van der Waals surface area contributed by atoms with E-state index >= 15 is 0 Å². The summed E-state index contributed by atoms with van der Waals surface area (Å²) in [5.74, 6) is -7.06. The van der Waals surface area contributed by atoms with Gasteiger partial charge in [0.05, 0.1) is 18.9 Å². The number of rotatable bonds is 14. The molecule has 0 aromatic heterocycles. The van der Waals surface area contributed by atoms with Gasteiger partial charge in [-0.15, -0.1) is 0 Å². The highest BCUT2D eigenvalue weighted by molar-refractivity contribution is 5.96. The summed E-state index contributed by atoms with van der Waals surface area (Å²) in [6.07, 6.45) is -2.78. The van der Waals surface area contributed by atoms with Gasteiger partial charge >= 0.3 is 11.9 Å². The van der Waals surface area contributed by atoms with Gasteiger partial charge in [0, 0.05) is 0 Å². The number of hydrogen-bond donors (Lipinski definition) is 8. The molecule has 0 aliphatic carbocycles. The zero-order valence-corrected chi connectivity index (χ0v) is 18.0. The molecule has 5 unspecified atom stereocenters. The summed E-state index contributed by atoms with van der Waals surface area (Å²) in [5, 5.41) is 34.1. The van der Waals surface area contributed by atoms with Crippen LogP contribution < -0.4 is 27.4 Å². The van der Waals surface area contributed by atoms with Crippen molar-refractivity contribution in [1.82, 2.24) is 16.0 Å². The summed E-state index contributed by atoms with van der Waals surface area (Å²) in [7, 11) is 0. The zero-order chi connectivity index (χ0) is 25.2. The van der Waals surface area contributed by atoms with Crippen molar-refractivity contribution in [1.29, 1.82) is 0 Å². The lowest BCUT2D eigenvalue weighted by Gasteiger charge is -2.25. The summed E-state index contributed by atoms with van der Waals surface area (Å²) in [6.45, 7) is 4.65. The molecule has 5 atom stereocenters. The maximum atomic E-state index is 12.6. The number of amides is 4. The van der Waals surface area contributed by atoms with E-state index in [-0.39, 0.29) is 12.3 Å². The van der Waals surface area contributed by atoms with E-state index in [4.69, 9.17) is 21.7 Å². The molecule has 182 valence electrons. The van der Waals surface area contributed by atoms with Crippen LogP contribution in [0, 0.1) is 5.92 Å². The second-order valence-electron chi connectivity index (χ2n) is 7.69. The quantitative estimate of drug-likeness (QED) is 0.127. The minimum Gasteiger partial charge on any atom is -0.481 e. The van der Waals surface area contributed by atoms with Crippen LogP contribution in [-0.2, 0) is 28.8 Å².